The molecule has 0 bridgehead atoms. The summed E-state index contributed by atoms with van der Waals surface area (Å²) in [4.78, 5) is 0. The number of rotatable bonds is 2. The van der Waals surface area contributed by atoms with E-state index >= 15 is 0 Å². The lowest BCUT2D eigenvalue weighted by molar-refractivity contribution is -0.174. The van der Waals surface area contributed by atoms with Crippen molar-refractivity contribution in [2.24, 2.45) is 5.41 Å². The van der Waals surface area contributed by atoms with Crippen molar-refractivity contribution in [3.63, 3.8) is 0 Å². The number of alkyl halides is 2. The van der Waals surface area contributed by atoms with Crippen molar-refractivity contribution in [3.05, 3.63) is 33.8 Å². The van der Waals surface area contributed by atoms with Crippen LogP contribution in [0.1, 0.15) is 36.8 Å². The zero-order valence-corrected chi connectivity index (χ0v) is 12.3. The van der Waals surface area contributed by atoms with E-state index in [1.807, 2.05) is 0 Å². The first kappa shape index (κ1) is 13.5. The molecule has 0 saturated heterocycles. The fourth-order valence-corrected chi connectivity index (χ4v) is 4.05. The Kier molecular flexibility index (Phi) is 3.65. The van der Waals surface area contributed by atoms with Gasteiger partial charge in [0.2, 0.25) is 0 Å². The molecule has 0 amide bonds. The minimum Gasteiger partial charge on any atom is -0.320 e. The Hall–Kier alpha value is -0.480. The number of ether oxygens (including phenoxy) is 1. The van der Waals surface area contributed by atoms with E-state index in [4.69, 9.17) is 0 Å². The first-order chi connectivity index (χ1) is 9.06. The number of hydrogen-bond acceptors (Lipinski definition) is 1. The van der Waals surface area contributed by atoms with Gasteiger partial charge in [0, 0.05) is 4.47 Å². The third kappa shape index (κ3) is 2.84. The molecule has 2 aliphatic rings. The van der Waals surface area contributed by atoms with Crippen molar-refractivity contribution < 1.29 is 13.5 Å². The van der Waals surface area contributed by atoms with Crippen LogP contribution in [-0.2, 0) is 17.6 Å². The zero-order chi connectivity index (χ0) is 13.5. The topological polar surface area (TPSA) is 9.23 Å². The average molecular weight is 331 g/mol. The molecule has 1 aromatic rings. The van der Waals surface area contributed by atoms with Crippen molar-refractivity contribution in [3.8, 4) is 0 Å². The highest BCUT2D eigenvalue weighted by Gasteiger charge is 2.40. The van der Waals surface area contributed by atoms with Gasteiger partial charge < -0.3 is 4.74 Å². The molecule has 2 aliphatic carbocycles. The van der Waals surface area contributed by atoms with Gasteiger partial charge in [0.1, 0.15) is 0 Å². The van der Waals surface area contributed by atoms with Gasteiger partial charge in [-0.15, -0.1) is 0 Å². The van der Waals surface area contributed by atoms with Gasteiger partial charge in [0.15, 0.2) is 0 Å². The molecule has 4 heteroatoms. The first-order valence-electron chi connectivity index (χ1n) is 6.77. The summed E-state index contributed by atoms with van der Waals surface area (Å²) in [5.74, 6) is 0. The minimum absolute atomic E-state index is 0.249. The summed E-state index contributed by atoms with van der Waals surface area (Å²) in [6, 6.07) is 6.48. The van der Waals surface area contributed by atoms with Gasteiger partial charge in [-0.1, -0.05) is 22.0 Å². The summed E-state index contributed by atoms with van der Waals surface area (Å²) in [5, 5.41) is 0. The predicted octanol–water partition coefficient (Wildman–Crippen LogP) is 4.72. The molecule has 0 radical (unpaired) electrons. The quantitative estimate of drug-likeness (QED) is 0.762. The summed E-state index contributed by atoms with van der Waals surface area (Å²) in [6.45, 7) is -2.63. The third-order valence-electron chi connectivity index (χ3n) is 4.59. The second-order valence-corrected chi connectivity index (χ2v) is 6.78. The molecule has 19 heavy (non-hydrogen) atoms. The monoisotopic (exact) mass is 330 g/mol. The summed E-state index contributed by atoms with van der Waals surface area (Å²) in [7, 11) is 0. The van der Waals surface area contributed by atoms with Crippen LogP contribution >= 0.6 is 15.9 Å². The second kappa shape index (κ2) is 5.13. The fraction of sp³-hybridized carbons (Fsp3) is 0.600. The van der Waals surface area contributed by atoms with E-state index in [9.17, 15) is 8.78 Å². The molecular formula is C15H17BrF2O. The average Bonchev–Trinajstić information content (AvgIpc) is 2.69. The maximum Gasteiger partial charge on any atom is 0.345 e. The Labute approximate surface area is 120 Å². The lowest BCUT2D eigenvalue weighted by Gasteiger charge is -2.37. The first-order valence-corrected chi connectivity index (χ1v) is 7.57. The number of halogens is 3. The highest BCUT2D eigenvalue weighted by atomic mass is 79.9. The number of fused-ring (bicyclic) bond motifs is 1. The Morgan fingerprint density at radius 2 is 1.84 bits per heavy atom. The van der Waals surface area contributed by atoms with Crippen LogP contribution in [0.3, 0.4) is 0 Å². The largest absolute Gasteiger partial charge is 0.345 e. The van der Waals surface area contributed by atoms with Crippen LogP contribution in [-0.4, -0.2) is 12.7 Å². The molecule has 1 saturated carbocycles. The van der Waals surface area contributed by atoms with Gasteiger partial charge in [0.25, 0.3) is 0 Å². The van der Waals surface area contributed by atoms with Crippen molar-refractivity contribution in [1.29, 1.82) is 0 Å². The van der Waals surface area contributed by atoms with E-state index < -0.39 is 6.61 Å². The van der Waals surface area contributed by atoms with Crippen LogP contribution in [0.5, 0.6) is 0 Å². The molecule has 1 fully saturated rings. The van der Waals surface area contributed by atoms with E-state index in [1.165, 1.54) is 11.1 Å². The minimum atomic E-state index is -2.63. The van der Waals surface area contributed by atoms with Crippen molar-refractivity contribution >= 4 is 15.9 Å². The predicted molar refractivity (Wildman–Crippen MR) is 73.3 cm³/mol. The fourth-order valence-electron chi connectivity index (χ4n) is 3.64. The molecular weight excluding hydrogens is 314 g/mol. The molecule has 0 atom stereocenters. The Bertz CT molecular complexity index is 467. The van der Waals surface area contributed by atoms with Gasteiger partial charge in [-0.2, -0.15) is 8.78 Å². The van der Waals surface area contributed by atoms with E-state index in [0.717, 1.165) is 43.0 Å². The van der Waals surface area contributed by atoms with E-state index in [1.54, 1.807) is 0 Å². The van der Waals surface area contributed by atoms with Gasteiger partial charge in [-0.3, -0.25) is 0 Å². The molecule has 1 spiro atoms. The lowest BCUT2D eigenvalue weighted by atomic mass is 9.71. The highest BCUT2D eigenvalue weighted by Crippen LogP contribution is 2.48. The Balaban J connectivity index is 1.66. The molecule has 104 valence electrons. The van der Waals surface area contributed by atoms with Crippen LogP contribution < -0.4 is 0 Å². The van der Waals surface area contributed by atoms with Gasteiger partial charge in [-0.05, 0) is 67.2 Å². The molecule has 0 unspecified atom stereocenters. The van der Waals surface area contributed by atoms with E-state index in [0.29, 0.717) is 5.41 Å². The van der Waals surface area contributed by atoms with Crippen LogP contribution in [0.4, 0.5) is 8.78 Å². The second-order valence-electron chi connectivity index (χ2n) is 5.86. The summed E-state index contributed by atoms with van der Waals surface area (Å²) in [6.07, 6.45) is 5.45. The summed E-state index contributed by atoms with van der Waals surface area (Å²) < 4.78 is 30.2. The third-order valence-corrected chi connectivity index (χ3v) is 5.08. The maximum atomic E-state index is 12.2. The molecule has 0 N–H and O–H groups in total. The molecule has 1 aromatic carbocycles. The number of hydrogen-bond donors (Lipinski definition) is 0. The summed E-state index contributed by atoms with van der Waals surface area (Å²) >= 11 is 3.51. The van der Waals surface area contributed by atoms with Crippen LogP contribution in [0.15, 0.2) is 22.7 Å². The number of benzene rings is 1. The van der Waals surface area contributed by atoms with Gasteiger partial charge in [0.05, 0.1) is 6.10 Å². The van der Waals surface area contributed by atoms with Crippen molar-refractivity contribution in [2.45, 2.75) is 51.2 Å². The molecule has 1 nitrogen and oxygen atoms in total. The standard InChI is InChI=1S/C15H17BrF2O/c16-12-2-1-10-8-15(9-11(10)7-12)5-3-13(4-6-15)19-14(17)18/h1-2,7,13-14H,3-6,8-9H2. The SMILES string of the molecule is FC(F)OC1CCC2(CC1)Cc1ccc(Br)cc1C2. The van der Waals surface area contributed by atoms with Gasteiger partial charge >= 0.3 is 6.61 Å². The van der Waals surface area contributed by atoms with Crippen LogP contribution in [0, 0.1) is 5.41 Å². The lowest BCUT2D eigenvalue weighted by Crippen LogP contribution is -2.32. The maximum absolute atomic E-state index is 12.2. The smallest absolute Gasteiger partial charge is 0.320 e. The van der Waals surface area contributed by atoms with Gasteiger partial charge in [-0.25, -0.2) is 0 Å². The zero-order valence-electron chi connectivity index (χ0n) is 10.7. The molecule has 3 rings (SSSR count). The van der Waals surface area contributed by atoms with E-state index in [2.05, 4.69) is 38.9 Å². The van der Waals surface area contributed by atoms with Crippen molar-refractivity contribution in [2.75, 3.05) is 0 Å². The normalized spacial score (nSPS) is 30.0. The molecule has 0 aliphatic heterocycles. The van der Waals surface area contributed by atoms with E-state index in [-0.39, 0.29) is 6.10 Å². The molecule has 0 aromatic heterocycles. The van der Waals surface area contributed by atoms with Crippen molar-refractivity contribution in [1.82, 2.24) is 0 Å². The van der Waals surface area contributed by atoms with Crippen LogP contribution in [0.25, 0.3) is 0 Å². The van der Waals surface area contributed by atoms with Crippen LogP contribution in [0.2, 0.25) is 0 Å². The highest BCUT2D eigenvalue weighted by molar-refractivity contribution is 9.10. The Morgan fingerprint density at radius 1 is 1.16 bits per heavy atom. The Morgan fingerprint density at radius 3 is 2.53 bits per heavy atom. The summed E-state index contributed by atoms with van der Waals surface area (Å²) in [5.41, 5.74) is 3.14. The molecule has 0 heterocycles.